The zero-order valence-corrected chi connectivity index (χ0v) is 35.6. The van der Waals surface area contributed by atoms with Gasteiger partial charge in [-0.1, -0.05) is 19.3 Å². The van der Waals surface area contributed by atoms with Crippen LogP contribution in [-0.4, -0.2) is 121 Å². The van der Waals surface area contributed by atoms with Crippen LogP contribution in [0.5, 0.6) is 5.75 Å². The molecule has 1 aliphatic carbocycles. The van der Waals surface area contributed by atoms with Gasteiger partial charge in [0.05, 0.1) is 35.0 Å². The van der Waals surface area contributed by atoms with Crippen LogP contribution in [0.15, 0.2) is 59.1 Å². The number of aldehydes is 1. The zero-order valence-electron chi connectivity index (χ0n) is 35.6. The van der Waals surface area contributed by atoms with Crippen molar-refractivity contribution in [2.24, 2.45) is 23.3 Å². The maximum absolute atomic E-state index is 13.6. The summed E-state index contributed by atoms with van der Waals surface area (Å²) in [4.78, 5) is 62.1. The number of nitrogens with one attached hydrogen (secondary N) is 1. The van der Waals surface area contributed by atoms with Crippen LogP contribution in [0.1, 0.15) is 81.5 Å². The fourth-order valence-electron chi connectivity index (χ4n) is 8.70. The number of fused-ring (bicyclic) bond motifs is 2. The van der Waals surface area contributed by atoms with Crippen molar-refractivity contribution >= 4 is 40.9 Å². The number of benzene rings is 1. The fourth-order valence-corrected chi connectivity index (χ4v) is 8.70. The van der Waals surface area contributed by atoms with Crippen molar-refractivity contribution in [1.82, 2.24) is 29.9 Å². The Balaban J connectivity index is 1.02. The molecule has 1 aromatic heterocycles. The van der Waals surface area contributed by atoms with Crippen LogP contribution in [0.2, 0.25) is 0 Å². The predicted molar refractivity (Wildman–Crippen MR) is 230 cm³/mol. The molecule has 0 radical (unpaired) electrons. The molecule has 60 heavy (non-hydrogen) atoms. The van der Waals surface area contributed by atoms with Crippen molar-refractivity contribution in [1.29, 1.82) is 0 Å². The average molecular weight is 827 g/mol. The van der Waals surface area contributed by atoms with Gasteiger partial charge in [0.2, 0.25) is 5.91 Å². The van der Waals surface area contributed by atoms with Crippen LogP contribution in [0.25, 0.3) is 16.6 Å². The number of carboxylic acid groups (broad SMARTS) is 1. The van der Waals surface area contributed by atoms with Crippen LogP contribution < -0.4 is 21.5 Å². The van der Waals surface area contributed by atoms with E-state index in [2.05, 4.69) is 30.8 Å². The van der Waals surface area contributed by atoms with E-state index in [0.717, 1.165) is 90.5 Å². The number of aromatic nitrogens is 1. The molecule has 2 aromatic rings. The lowest BCUT2D eigenvalue weighted by atomic mass is 9.92. The highest BCUT2D eigenvalue weighted by Crippen LogP contribution is 2.37. The molecule has 3 fully saturated rings. The molecule has 0 unspecified atom stereocenters. The number of allylic oxidation sites excluding steroid dienone is 4. The topological polar surface area (TPSA) is 197 Å². The SMILES string of the molecule is CC(/C=C1/c2nc3ccc(OCC4CCN(C(=O)C5CCN(/C(N)=C/C=C(\N)C(=O)NC6CCCCC6)CC5)CC4)c(CN(C)C)c3cc2CN1C)=C(/C=O)COC(=O)O. The third kappa shape index (κ3) is 11.0. The van der Waals surface area contributed by atoms with Crippen LogP contribution in [0, 0.1) is 11.8 Å². The van der Waals surface area contributed by atoms with Gasteiger partial charge in [-0.05, 0) is 113 Å². The van der Waals surface area contributed by atoms with Crippen molar-refractivity contribution in [3.05, 3.63) is 75.9 Å². The molecule has 3 aliphatic heterocycles. The molecule has 6 N–H and O–H groups in total. The highest BCUT2D eigenvalue weighted by Gasteiger charge is 2.32. The van der Waals surface area contributed by atoms with Gasteiger partial charge in [-0.3, -0.25) is 14.4 Å². The molecular formula is C45H62N8O7. The number of hydrogen-bond donors (Lipinski definition) is 4. The van der Waals surface area contributed by atoms with Gasteiger partial charge >= 0.3 is 6.16 Å². The van der Waals surface area contributed by atoms with Crippen molar-refractivity contribution < 1.29 is 33.8 Å². The van der Waals surface area contributed by atoms with Gasteiger partial charge in [0, 0.05) is 74.8 Å². The summed E-state index contributed by atoms with van der Waals surface area (Å²) >= 11 is 0. The molecule has 15 heteroatoms. The van der Waals surface area contributed by atoms with E-state index in [4.69, 9.17) is 26.3 Å². The smallest absolute Gasteiger partial charge is 0.493 e. The minimum atomic E-state index is -1.44. The molecule has 2 amide bonds. The second-order valence-electron chi connectivity index (χ2n) is 17.0. The summed E-state index contributed by atoms with van der Waals surface area (Å²) in [5, 5.41) is 13.0. The lowest BCUT2D eigenvalue weighted by Crippen LogP contribution is -2.46. The number of likely N-dealkylation sites (tertiary alicyclic amines) is 2. The molecule has 15 nitrogen and oxygen atoms in total. The van der Waals surface area contributed by atoms with Crippen molar-refractivity contribution in [3.8, 4) is 5.75 Å². The van der Waals surface area contributed by atoms with Gasteiger partial charge < -0.3 is 51.0 Å². The number of carbonyl (C=O) groups excluding carboxylic acids is 3. The molecule has 1 saturated carbocycles. The number of carbonyl (C=O) groups is 4. The Bertz CT molecular complexity index is 2040. The first-order valence-corrected chi connectivity index (χ1v) is 21.3. The summed E-state index contributed by atoms with van der Waals surface area (Å²) in [5.74, 6) is 1.62. The van der Waals surface area contributed by atoms with E-state index < -0.39 is 6.16 Å². The normalized spacial score (nSPS) is 19.8. The Hall–Kier alpha value is -5.57. The predicted octanol–water partition coefficient (Wildman–Crippen LogP) is 4.71. The highest BCUT2D eigenvalue weighted by atomic mass is 16.7. The Morgan fingerprint density at radius 2 is 1.68 bits per heavy atom. The highest BCUT2D eigenvalue weighted by molar-refractivity contribution is 5.93. The van der Waals surface area contributed by atoms with E-state index in [1.807, 2.05) is 44.3 Å². The van der Waals surface area contributed by atoms with Crippen molar-refractivity contribution in [2.75, 3.05) is 60.5 Å². The number of ether oxygens (including phenoxy) is 2. The van der Waals surface area contributed by atoms with E-state index in [-0.39, 0.29) is 41.7 Å². The summed E-state index contributed by atoms with van der Waals surface area (Å²) in [5.41, 5.74) is 18.0. The molecule has 4 aliphatic rings. The first-order chi connectivity index (χ1) is 28.8. The molecular weight excluding hydrogens is 765 g/mol. The van der Waals surface area contributed by atoms with Crippen LogP contribution >= 0.6 is 0 Å². The standard InChI is InChI=1S/C45H62N8O7/c1-29(33(26-54)28-60-45(57)58)22-39-42-32(24-51(39)4)23-35-36(25-50(2)3)40(12-11-38(35)49-42)59-27-30-14-18-53(19-15-30)44(56)31-16-20-52(21-17-31)41(47)13-10-37(46)43(55)48-34-8-6-5-7-9-34/h10-13,22-23,26,30-31,34H,5-9,14-21,24-25,27-28,46-47H2,1-4H3,(H,48,55)(H,57,58)/b33-29+,37-10-,39-22-,41-13+. The number of hydrogen-bond acceptors (Lipinski definition) is 12. The molecule has 1 aromatic carbocycles. The number of nitrogens with two attached hydrogens (primary N) is 2. The largest absolute Gasteiger partial charge is 0.506 e. The number of nitrogens with zero attached hydrogens (tertiary/aromatic N) is 5. The van der Waals surface area contributed by atoms with Crippen LogP contribution in [-0.2, 0) is 32.2 Å². The average Bonchev–Trinajstić information content (AvgIpc) is 3.54. The summed E-state index contributed by atoms with van der Waals surface area (Å²) in [6.07, 6.45) is 13.0. The van der Waals surface area contributed by atoms with E-state index in [1.54, 1.807) is 19.1 Å². The van der Waals surface area contributed by atoms with Gasteiger partial charge in [-0.2, -0.15) is 0 Å². The first-order valence-electron chi connectivity index (χ1n) is 21.3. The Labute approximate surface area is 353 Å². The third-order valence-corrected chi connectivity index (χ3v) is 12.3. The minimum Gasteiger partial charge on any atom is -0.493 e. The second-order valence-corrected chi connectivity index (χ2v) is 17.0. The zero-order chi connectivity index (χ0) is 42.9. The number of rotatable bonds is 14. The first kappa shape index (κ1) is 44.0. The Morgan fingerprint density at radius 1 is 0.983 bits per heavy atom. The summed E-state index contributed by atoms with van der Waals surface area (Å²) in [7, 11) is 6.02. The van der Waals surface area contributed by atoms with Crippen LogP contribution in [0.4, 0.5) is 4.79 Å². The molecule has 0 bridgehead atoms. The molecule has 0 spiro atoms. The minimum absolute atomic E-state index is 0.0379. The molecule has 4 heterocycles. The summed E-state index contributed by atoms with van der Waals surface area (Å²) < 4.78 is 11.2. The van der Waals surface area contributed by atoms with Gasteiger partial charge in [0.15, 0.2) is 0 Å². The maximum Gasteiger partial charge on any atom is 0.506 e. The lowest BCUT2D eigenvalue weighted by molar-refractivity contribution is -0.138. The Kier molecular flexibility index (Phi) is 14.8. The van der Waals surface area contributed by atoms with Gasteiger partial charge in [-0.25, -0.2) is 9.78 Å². The van der Waals surface area contributed by atoms with E-state index >= 15 is 0 Å². The number of piperidine rings is 2. The monoisotopic (exact) mass is 826 g/mol. The maximum atomic E-state index is 13.6. The Morgan fingerprint density at radius 3 is 2.35 bits per heavy atom. The van der Waals surface area contributed by atoms with Gasteiger partial charge in [0.1, 0.15) is 18.6 Å². The van der Waals surface area contributed by atoms with E-state index in [0.29, 0.717) is 69.5 Å². The quantitative estimate of drug-likeness (QED) is 0.0886. The third-order valence-electron chi connectivity index (χ3n) is 12.3. The lowest BCUT2D eigenvalue weighted by Gasteiger charge is -2.38. The van der Waals surface area contributed by atoms with Gasteiger partial charge in [-0.15, -0.1) is 0 Å². The van der Waals surface area contributed by atoms with Crippen LogP contribution in [0.3, 0.4) is 0 Å². The summed E-state index contributed by atoms with van der Waals surface area (Å²) in [6.45, 7) is 6.04. The summed E-state index contributed by atoms with van der Waals surface area (Å²) in [6, 6.07) is 6.35. The number of amides is 2. The van der Waals surface area contributed by atoms with Crippen molar-refractivity contribution in [3.63, 3.8) is 0 Å². The molecule has 324 valence electrons. The number of pyridine rings is 1. The van der Waals surface area contributed by atoms with E-state index in [1.165, 1.54) is 6.42 Å². The van der Waals surface area contributed by atoms with Crippen molar-refractivity contribution in [2.45, 2.75) is 83.8 Å². The molecule has 6 rings (SSSR count). The second kappa shape index (κ2) is 20.1. The fraction of sp³-hybridized carbons (Fsp3) is 0.533. The van der Waals surface area contributed by atoms with E-state index in [9.17, 15) is 19.2 Å². The molecule has 2 saturated heterocycles. The van der Waals surface area contributed by atoms with Gasteiger partial charge in [0.25, 0.3) is 5.91 Å². The molecule has 0 atom stereocenters.